The average molecular weight is 102 g/mol. The largest absolute Gasteiger partial charge is 0.284 e. The second-order valence-corrected chi connectivity index (χ2v) is 1.62. The predicted octanol–water partition coefficient (Wildman–Crippen LogP) is -1.99. The van der Waals surface area contributed by atoms with Gasteiger partial charge in [-0.25, -0.2) is 0 Å². The Balaban J connectivity index is 3.14. The van der Waals surface area contributed by atoms with Gasteiger partial charge in [-0.2, -0.15) is 5.10 Å². The summed E-state index contributed by atoms with van der Waals surface area (Å²) in [6.07, 6.45) is 0. The van der Waals surface area contributed by atoms with Gasteiger partial charge in [0, 0.05) is 12.6 Å². The molecular formula is C4H4B2N2. The van der Waals surface area contributed by atoms with Gasteiger partial charge in [0.05, 0.1) is 0 Å². The molecule has 0 N–H and O–H groups in total. The molecule has 0 aliphatic rings. The van der Waals surface area contributed by atoms with Crippen LogP contribution in [0.3, 0.4) is 0 Å². The van der Waals surface area contributed by atoms with Gasteiger partial charge in [-0.3, -0.25) is 4.68 Å². The lowest BCUT2D eigenvalue weighted by molar-refractivity contribution is 0.799. The minimum absolute atomic E-state index is 0.463. The number of aryl methyl sites for hydroxylation is 1. The van der Waals surface area contributed by atoms with Crippen molar-refractivity contribution in [3.8, 4) is 0 Å². The first-order valence-corrected chi connectivity index (χ1v) is 2.25. The first kappa shape index (κ1) is 5.48. The fraction of sp³-hybridized carbons (Fsp3) is 0.250. The van der Waals surface area contributed by atoms with Crippen molar-refractivity contribution >= 4 is 26.9 Å². The molecule has 0 saturated carbocycles. The smallest absolute Gasteiger partial charge is 0.144 e. The number of aromatic nitrogens is 2. The molecule has 1 heterocycles. The van der Waals surface area contributed by atoms with Gasteiger partial charge in [0.2, 0.25) is 0 Å². The van der Waals surface area contributed by atoms with Gasteiger partial charge < -0.3 is 0 Å². The number of hydrogen-bond acceptors (Lipinski definition) is 1. The molecule has 0 amide bonds. The second-order valence-electron chi connectivity index (χ2n) is 1.62. The SMILES string of the molecule is [B]c1cc([B])n(C)n1. The highest BCUT2D eigenvalue weighted by atomic mass is 15.3. The third-order valence-electron chi connectivity index (χ3n) is 0.935. The first-order chi connectivity index (χ1) is 3.70. The Morgan fingerprint density at radius 2 is 2.25 bits per heavy atom. The van der Waals surface area contributed by atoms with Crippen LogP contribution in [0.5, 0.6) is 0 Å². The quantitative estimate of drug-likeness (QED) is 0.346. The number of hydrogen-bond donors (Lipinski definition) is 0. The average Bonchev–Trinajstić information content (AvgIpc) is 1.85. The molecule has 0 spiro atoms. The molecule has 2 nitrogen and oxygen atoms in total. The number of nitrogens with zero attached hydrogens (tertiary/aromatic N) is 2. The van der Waals surface area contributed by atoms with Crippen LogP contribution in [0.2, 0.25) is 0 Å². The normalized spacial score (nSPS) is 9.62. The molecule has 0 bridgehead atoms. The summed E-state index contributed by atoms with van der Waals surface area (Å²) in [5.41, 5.74) is 1.05. The molecule has 0 unspecified atom stereocenters. The highest BCUT2D eigenvalue weighted by molar-refractivity contribution is 6.36. The molecule has 0 saturated heterocycles. The van der Waals surface area contributed by atoms with E-state index in [2.05, 4.69) is 5.10 Å². The Bertz CT molecular complexity index is 174. The maximum absolute atomic E-state index is 5.36. The van der Waals surface area contributed by atoms with E-state index in [0.29, 0.717) is 11.2 Å². The summed E-state index contributed by atoms with van der Waals surface area (Å²) in [7, 11) is 12.4. The van der Waals surface area contributed by atoms with Gasteiger partial charge in [-0.1, -0.05) is 0 Å². The van der Waals surface area contributed by atoms with Crippen molar-refractivity contribution in [2.24, 2.45) is 7.05 Å². The van der Waals surface area contributed by atoms with E-state index in [9.17, 15) is 0 Å². The molecule has 0 aromatic carbocycles. The fourth-order valence-corrected chi connectivity index (χ4v) is 0.505. The van der Waals surface area contributed by atoms with Crippen LogP contribution < -0.4 is 11.2 Å². The van der Waals surface area contributed by atoms with Crippen LogP contribution in [0.25, 0.3) is 0 Å². The molecular weight excluding hydrogens is 97.7 g/mol. The maximum atomic E-state index is 5.36. The third kappa shape index (κ3) is 0.782. The minimum Gasteiger partial charge on any atom is -0.284 e. The molecule has 4 heteroatoms. The third-order valence-corrected chi connectivity index (χ3v) is 0.935. The summed E-state index contributed by atoms with van der Waals surface area (Å²) in [4.78, 5) is 0. The van der Waals surface area contributed by atoms with Gasteiger partial charge in [0.1, 0.15) is 15.7 Å². The zero-order valence-corrected chi connectivity index (χ0v) is 4.63. The summed E-state index contributed by atoms with van der Waals surface area (Å²) in [5, 5.41) is 3.78. The van der Waals surface area contributed by atoms with E-state index in [-0.39, 0.29) is 0 Å². The molecule has 36 valence electrons. The van der Waals surface area contributed by atoms with E-state index in [1.807, 2.05) is 0 Å². The molecule has 0 fully saturated rings. The lowest BCUT2D eigenvalue weighted by Gasteiger charge is -1.88. The van der Waals surface area contributed by atoms with Crippen molar-refractivity contribution in [3.05, 3.63) is 6.07 Å². The van der Waals surface area contributed by atoms with Crippen LogP contribution in [0.4, 0.5) is 0 Å². The van der Waals surface area contributed by atoms with Crippen LogP contribution in [0.15, 0.2) is 6.07 Å². The van der Waals surface area contributed by atoms with Crippen LogP contribution >= 0.6 is 0 Å². The topological polar surface area (TPSA) is 17.8 Å². The van der Waals surface area contributed by atoms with Gasteiger partial charge in [0.15, 0.2) is 0 Å². The van der Waals surface area contributed by atoms with Gasteiger partial charge >= 0.3 is 0 Å². The molecule has 0 aliphatic carbocycles. The first-order valence-electron chi connectivity index (χ1n) is 2.25. The van der Waals surface area contributed by atoms with Gasteiger partial charge in [-0.15, -0.1) is 0 Å². The summed E-state index contributed by atoms with van der Waals surface area (Å²) < 4.78 is 1.52. The number of rotatable bonds is 0. The lowest BCUT2D eigenvalue weighted by atomic mass is 9.99. The van der Waals surface area contributed by atoms with Crippen molar-refractivity contribution < 1.29 is 0 Å². The predicted molar refractivity (Wildman–Crippen MR) is 34.0 cm³/mol. The van der Waals surface area contributed by atoms with Crippen molar-refractivity contribution in [2.45, 2.75) is 0 Å². The molecule has 0 atom stereocenters. The van der Waals surface area contributed by atoms with E-state index < -0.39 is 0 Å². The summed E-state index contributed by atoms with van der Waals surface area (Å²) >= 11 is 0. The Morgan fingerprint density at radius 1 is 1.62 bits per heavy atom. The van der Waals surface area contributed by atoms with E-state index in [1.54, 1.807) is 13.1 Å². The zero-order chi connectivity index (χ0) is 6.15. The summed E-state index contributed by atoms with van der Waals surface area (Å²) in [6.45, 7) is 0. The Kier molecular flexibility index (Phi) is 1.16. The minimum atomic E-state index is 0.463. The fourth-order valence-electron chi connectivity index (χ4n) is 0.505. The Morgan fingerprint density at radius 3 is 2.38 bits per heavy atom. The van der Waals surface area contributed by atoms with Crippen LogP contribution in [0.1, 0.15) is 0 Å². The van der Waals surface area contributed by atoms with E-state index in [0.717, 1.165) is 0 Å². The maximum Gasteiger partial charge on any atom is 0.144 e. The van der Waals surface area contributed by atoms with E-state index >= 15 is 0 Å². The van der Waals surface area contributed by atoms with Gasteiger partial charge in [0.25, 0.3) is 0 Å². The molecule has 8 heavy (non-hydrogen) atoms. The van der Waals surface area contributed by atoms with Crippen molar-refractivity contribution in [3.63, 3.8) is 0 Å². The van der Waals surface area contributed by atoms with E-state index in [4.69, 9.17) is 15.7 Å². The lowest BCUT2D eigenvalue weighted by Crippen LogP contribution is -2.13. The second kappa shape index (κ2) is 1.69. The van der Waals surface area contributed by atoms with Crippen molar-refractivity contribution in [1.29, 1.82) is 0 Å². The highest BCUT2D eigenvalue weighted by Crippen LogP contribution is 1.65. The molecule has 1 aromatic heterocycles. The van der Waals surface area contributed by atoms with Crippen LogP contribution in [-0.2, 0) is 7.05 Å². The Labute approximate surface area is 50.7 Å². The molecule has 0 aliphatic heterocycles. The molecule has 4 radical (unpaired) electrons. The highest BCUT2D eigenvalue weighted by Gasteiger charge is 1.90. The molecule has 1 rings (SSSR count). The van der Waals surface area contributed by atoms with Crippen molar-refractivity contribution in [2.75, 3.05) is 0 Å². The Hall–Kier alpha value is -0.660. The van der Waals surface area contributed by atoms with Crippen LogP contribution in [-0.4, -0.2) is 25.5 Å². The molecule has 1 aromatic rings. The van der Waals surface area contributed by atoms with Gasteiger partial charge in [-0.05, 0) is 11.7 Å². The van der Waals surface area contributed by atoms with Crippen molar-refractivity contribution in [1.82, 2.24) is 9.78 Å². The van der Waals surface area contributed by atoms with E-state index in [1.165, 1.54) is 4.68 Å². The summed E-state index contributed by atoms with van der Waals surface area (Å²) in [6, 6.07) is 1.61. The van der Waals surface area contributed by atoms with Crippen LogP contribution in [0, 0.1) is 0 Å². The summed E-state index contributed by atoms with van der Waals surface area (Å²) in [5.74, 6) is 0. The zero-order valence-electron chi connectivity index (χ0n) is 4.63. The standard InChI is InChI=1S/C4H4B2N2/c1-8-4(6)2-3(5)7-8/h2H,1H3. The monoisotopic (exact) mass is 102 g/mol.